The number of esters is 1. The van der Waals surface area contributed by atoms with E-state index in [2.05, 4.69) is 4.98 Å². The number of carbonyl (C=O) groups excluding carboxylic acids is 1. The molecule has 1 aromatic heterocycles. The maximum absolute atomic E-state index is 11.4. The minimum Gasteiger partial charge on any atom is -0.465 e. The van der Waals surface area contributed by atoms with Crippen molar-refractivity contribution in [2.45, 2.75) is 19.4 Å². The Hall–Kier alpha value is -1.94. The fourth-order valence-corrected chi connectivity index (χ4v) is 1.78. The summed E-state index contributed by atoms with van der Waals surface area (Å²) < 4.78 is 4.87. The van der Waals surface area contributed by atoms with Gasteiger partial charge in [0.25, 0.3) is 0 Å². The molecule has 0 saturated carbocycles. The van der Waals surface area contributed by atoms with Crippen molar-refractivity contribution in [3.63, 3.8) is 0 Å². The van der Waals surface area contributed by atoms with E-state index < -0.39 is 6.04 Å². The fraction of sp³-hybridized carbons (Fsp3) is 0.286. The number of fused-ring (bicyclic) bond motifs is 1. The van der Waals surface area contributed by atoms with Gasteiger partial charge < -0.3 is 10.5 Å². The van der Waals surface area contributed by atoms with Gasteiger partial charge in [-0.2, -0.15) is 0 Å². The Morgan fingerprint density at radius 2 is 2.11 bits per heavy atom. The molecular formula is C14H16N2O2. The highest BCUT2D eigenvalue weighted by molar-refractivity contribution is 5.79. The topological polar surface area (TPSA) is 65.2 Å². The van der Waals surface area contributed by atoms with Crippen LogP contribution in [0.15, 0.2) is 36.4 Å². The van der Waals surface area contributed by atoms with E-state index in [4.69, 9.17) is 10.5 Å². The van der Waals surface area contributed by atoms with Crippen molar-refractivity contribution in [1.29, 1.82) is 0 Å². The first kappa shape index (κ1) is 12.5. The molecule has 0 aliphatic rings. The van der Waals surface area contributed by atoms with Crippen molar-refractivity contribution >= 4 is 16.9 Å². The number of pyridine rings is 1. The number of ether oxygens (including phenoxy) is 1. The summed E-state index contributed by atoms with van der Waals surface area (Å²) in [5.41, 5.74) is 7.47. The van der Waals surface area contributed by atoms with Gasteiger partial charge in [-0.3, -0.25) is 9.78 Å². The molecule has 0 aliphatic carbocycles. The van der Waals surface area contributed by atoms with Crippen molar-refractivity contribution in [3.8, 4) is 0 Å². The van der Waals surface area contributed by atoms with E-state index in [1.807, 2.05) is 36.4 Å². The molecule has 0 radical (unpaired) electrons. The molecule has 0 spiro atoms. The Kier molecular flexibility index (Phi) is 3.89. The van der Waals surface area contributed by atoms with Crippen LogP contribution >= 0.6 is 0 Å². The van der Waals surface area contributed by atoms with Crippen molar-refractivity contribution in [1.82, 2.24) is 4.98 Å². The van der Waals surface area contributed by atoms with Crippen LogP contribution in [0, 0.1) is 0 Å². The highest BCUT2D eigenvalue weighted by Crippen LogP contribution is 2.12. The van der Waals surface area contributed by atoms with Crippen LogP contribution in [0.25, 0.3) is 10.9 Å². The van der Waals surface area contributed by atoms with Crippen LogP contribution in [0.4, 0.5) is 0 Å². The van der Waals surface area contributed by atoms with Gasteiger partial charge in [0, 0.05) is 17.5 Å². The van der Waals surface area contributed by atoms with Gasteiger partial charge in [0.1, 0.15) is 6.04 Å². The summed E-state index contributed by atoms with van der Waals surface area (Å²) in [6.45, 7) is 2.11. The number of aromatic nitrogens is 1. The predicted molar refractivity (Wildman–Crippen MR) is 70.1 cm³/mol. The van der Waals surface area contributed by atoms with E-state index in [1.54, 1.807) is 6.92 Å². The zero-order valence-electron chi connectivity index (χ0n) is 10.3. The van der Waals surface area contributed by atoms with Crippen LogP contribution in [-0.2, 0) is 16.0 Å². The van der Waals surface area contributed by atoms with Crippen LogP contribution < -0.4 is 5.73 Å². The second-order valence-electron chi connectivity index (χ2n) is 4.06. The van der Waals surface area contributed by atoms with E-state index in [0.717, 1.165) is 16.6 Å². The molecule has 4 nitrogen and oxygen atoms in total. The summed E-state index contributed by atoms with van der Waals surface area (Å²) in [6.07, 6.45) is 0.393. The van der Waals surface area contributed by atoms with Gasteiger partial charge in [-0.05, 0) is 19.1 Å². The fourth-order valence-electron chi connectivity index (χ4n) is 1.78. The highest BCUT2D eigenvalue weighted by Gasteiger charge is 2.15. The van der Waals surface area contributed by atoms with Gasteiger partial charge in [0.05, 0.1) is 12.1 Å². The lowest BCUT2D eigenvalue weighted by Gasteiger charge is -2.10. The summed E-state index contributed by atoms with van der Waals surface area (Å²) in [5.74, 6) is -0.382. The van der Waals surface area contributed by atoms with Crippen molar-refractivity contribution in [2.75, 3.05) is 6.61 Å². The van der Waals surface area contributed by atoms with Crippen LogP contribution in [0.1, 0.15) is 12.6 Å². The zero-order chi connectivity index (χ0) is 13.0. The quantitative estimate of drug-likeness (QED) is 0.831. The minimum absolute atomic E-state index is 0.345. The van der Waals surface area contributed by atoms with Gasteiger partial charge in [0.15, 0.2) is 0 Å². The Labute approximate surface area is 106 Å². The molecule has 2 aromatic rings. The SMILES string of the molecule is CCOC(=O)C(N)Cc1ccc2ccccc2n1. The molecule has 0 saturated heterocycles. The molecule has 2 rings (SSSR count). The normalized spacial score (nSPS) is 12.3. The van der Waals surface area contributed by atoms with Gasteiger partial charge in [0.2, 0.25) is 0 Å². The molecule has 2 N–H and O–H groups in total. The molecule has 1 heterocycles. The molecular weight excluding hydrogens is 228 g/mol. The Morgan fingerprint density at radius 1 is 1.33 bits per heavy atom. The zero-order valence-corrected chi connectivity index (χ0v) is 10.3. The second kappa shape index (κ2) is 5.60. The summed E-state index contributed by atoms with van der Waals surface area (Å²) in [6, 6.07) is 11.1. The maximum atomic E-state index is 11.4. The molecule has 18 heavy (non-hydrogen) atoms. The summed E-state index contributed by atoms with van der Waals surface area (Å²) in [5, 5.41) is 1.07. The van der Waals surface area contributed by atoms with Crippen LogP contribution in [0.3, 0.4) is 0 Å². The molecule has 1 unspecified atom stereocenters. The first-order valence-electron chi connectivity index (χ1n) is 5.97. The monoisotopic (exact) mass is 244 g/mol. The minimum atomic E-state index is -0.654. The Morgan fingerprint density at radius 3 is 2.89 bits per heavy atom. The van der Waals surface area contributed by atoms with Crippen molar-refractivity contribution in [3.05, 3.63) is 42.1 Å². The number of benzene rings is 1. The number of rotatable bonds is 4. The molecule has 0 aliphatic heterocycles. The third-order valence-electron chi connectivity index (χ3n) is 2.67. The smallest absolute Gasteiger partial charge is 0.323 e. The molecule has 0 amide bonds. The third kappa shape index (κ3) is 2.84. The van der Waals surface area contributed by atoms with Crippen LogP contribution in [-0.4, -0.2) is 23.6 Å². The van der Waals surface area contributed by atoms with E-state index >= 15 is 0 Å². The van der Waals surface area contributed by atoms with E-state index in [-0.39, 0.29) is 5.97 Å². The average Bonchev–Trinajstić information content (AvgIpc) is 2.39. The standard InChI is InChI=1S/C14H16N2O2/c1-2-18-14(17)12(15)9-11-8-7-10-5-3-4-6-13(10)16-11/h3-8,12H,2,9,15H2,1H3. The molecule has 1 atom stereocenters. The van der Waals surface area contributed by atoms with Crippen LogP contribution in [0.2, 0.25) is 0 Å². The lowest BCUT2D eigenvalue weighted by molar-refractivity contribution is -0.144. The molecule has 0 bridgehead atoms. The number of hydrogen-bond donors (Lipinski definition) is 1. The number of nitrogens with zero attached hydrogens (tertiary/aromatic N) is 1. The van der Waals surface area contributed by atoms with Gasteiger partial charge in [-0.15, -0.1) is 0 Å². The first-order valence-corrected chi connectivity index (χ1v) is 5.97. The summed E-state index contributed by atoms with van der Waals surface area (Å²) in [4.78, 5) is 15.9. The molecule has 0 fully saturated rings. The molecule has 4 heteroatoms. The van der Waals surface area contributed by atoms with Gasteiger partial charge in [-0.1, -0.05) is 24.3 Å². The van der Waals surface area contributed by atoms with Crippen LogP contribution in [0.5, 0.6) is 0 Å². The predicted octanol–water partition coefficient (Wildman–Crippen LogP) is 1.67. The molecule has 1 aromatic carbocycles. The second-order valence-corrected chi connectivity index (χ2v) is 4.06. The lowest BCUT2D eigenvalue weighted by Crippen LogP contribution is -2.34. The number of carbonyl (C=O) groups is 1. The third-order valence-corrected chi connectivity index (χ3v) is 2.67. The maximum Gasteiger partial charge on any atom is 0.323 e. The van der Waals surface area contributed by atoms with Gasteiger partial charge >= 0.3 is 5.97 Å². The molecule has 94 valence electrons. The Balaban J connectivity index is 2.14. The highest BCUT2D eigenvalue weighted by atomic mass is 16.5. The number of nitrogens with two attached hydrogens (primary N) is 1. The van der Waals surface area contributed by atoms with Crippen molar-refractivity contribution in [2.24, 2.45) is 5.73 Å². The van der Waals surface area contributed by atoms with Gasteiger partial charge in [-0.25, -0.2) is 0 Å². The Bertz CT molecular complexity index is 554. The van der Waals surface area contributed by atoms with E-state index in [1.165, 1.54) is 0 Å². The summed E-state index contributed by atoms with van der Waals surface area (Å²) in [7, 11) is 0. The summed E-state index contributed by atoms with van der Waals surface area (Å²) >= 11 is 0. The largest absolute Gasteiger partial charge is 0.465 e. The van der Waals surface area contributed by atoms with E-state index in [9.17, 15) is 4.79 Å². The lowest BCUT2D eigenvalue weighted by atomic mass is 10.1. The van der Waals surface area contributed by atoms with Crippen molar-refractivity contribution < 1.29 is 9.53 Å². The van der Waals surface area contributed by atoms with E-state index in [0.29, 0.717) is 13.0 Å². The first-order chi connectivity index (χ1) is 8.70. The number of para-hydroxylation sites is 1. The number of hydrogen-bond acceptors (Lipinski definition) is 4. The average molecular weight is 244 g/mol.